The van der Waals surface area contributed by atoms with Crippen LogP contribution >= 0.6 is 0 Å². The Kier molecular flexibility index (Phi) is 2.48. The van der Waals surface area contributed by atoms with Crippen LogP contribution < -0.4 is 5.32 Å². The molecule has 1 aromatic heterocycles. The molecule has 0 saturated heterocycles. The average Bonchev–Trinajstić information content (AvgIpc) is 2.69. The second kappa shape index (κ2) is 3.90. The number of hydrogen-bond acceptors (Lipinski definition) is 3. The zero-order valence-corrected chi connectivity index (χ0v) is 13.2. The minimum Gasteiger partial charge on any atom is -0.360 e. The minimum atomic E-state index is -0.185. The lowest BCUT2D eigenvalue weighted by atomic mass is 9.40. The second-order valence-corrected chi connectivity index (χ2v) is 8.69. The standard InChI is InChI=1S/C17H24N2O2/c1-11-4-13(19-21-11)18-14(20)17-7-12-5-15(2,9-17)8-16(3,6-12)10-17/h4,12H,5-10H2,1-3H3,(H,18,19,20)/t12?,15-,16-,17?/m1/s1. The highest BCUT2D eigenvalue weighted by atomic mass is 16.5. The SMILES string of the molecule is Cc1cc(NC(=O)C23CC4C[C@@](C)(C2)C[C@@](C)(C4)C3)no1. The van der Waals surface area contributed by atoms with E-state index in [1.165, 1.54) is 19.3 Å². The van der Waals surface area contributed by atoms with E-state index in [0.717, 1.165) is 30.9 Å². The molecule has 1 aromatic rings. The van der Waals surface area contributed by atoms with Crippen LogP contribution in [0.5, 0.6) is 0 Å². The van der Waals surface area contributed by atoms with Crippen molar-refractivity contribution in [2.45, 2.75) is 59.3 Å². The molecule has 0 unspecified atom stereocenters. The first-order valence-corrected chi connectivity index (χ1v) is 8.05. The van der Waals surface area contributed by atoms with Gasteiger partial charge in [0.05, 0.1) is 5.41 Å². The molecule has 2 atom stereocenters. The topological polar surface area (TPSA) is 55.1 Å². The molecule has 21 heavy (non-hydrogen) atoms. The second-order valence-electron chi connectivity index (χ2n) is 8.69. The first kappa shape index (κ1) is 13.4. The summed E-state index contributed by atoms with van der Waals surface area (Å²) in [5.41, 5.74) is 0.520. The van der Waals surface area contributed by atoms with Crippen LogP contribution in [0.4, 0.5) is 5.82 Å². The number of rotatable bonds is 2. The number of hydrogen-bond donors (Lipinski definition) is 1. The van der Waals surface area contributed by atoms with E-state index in [1.54, 1.807) is 6.07 Å². The Morgan fingerprint density at radius 3 is 2.43 bits per heavy atom. The number of amides is 1. The van der Waals surface area contributed by atoms with Gasteiger partial charge in [0.2, 0.25) is 5.91 Å². The van der Waals surface area contributed by atoms with E-state index in [1.807, 2.05) is 6.92 Å². The Bertz CT molecular complexity index is 588. The highest BCUT2D eigenvalue weighted by Gasteiger charge is 2.62. The maximum absolute atomic E-state index is 13.0. The molecule has 4 aliphatic carbocycles. The maximum atomic E-state index is 13.0. The largest absolute Gasteiger partial charge is 0.360 e. The monoisotopic (exact) mass is 288 g/mol. The van der Waals surface area contributed by atoms with Crippen LogP contribution in [0.25, 0.3) is 0 Å². The van der Waals surface area contributed by atoms with Gasteiger partial charge in [-0.3, -0.25) is 4.79 Å². The molecule has 0 radical (unpaired) electrons. The summed E-state index contributed by atoms with van der Waals surface area (Å²) in [6.07, 6.45) is 7.03. The third kappa shape index (κ3) is 2.02. The predicted octanol–water partition coefficient (Wildman–Crippen LogP) is 3.92. The van der Waals surface area contributed by atoms with Gasteiger partial charge < -0.3 is 9.84 Å². The summed E-state index contributed by atoms with van der Waals surface area (Å²) in [6, 6.07) is 1.79. The van der Waals surface area contributed by atoms with Gasteiger partial charge in [-0.2, -0.15) is 0 Å². The molecule has 4 aliphatic rings. The van der Waals surface area contributed by atoms with E-state index in [2.05, 4.69) is 24.3 Å². The molecule has 4 saturated carbocycles. The Morgan fingerprint density at radius 2 is 1.90 bits per heavy atom. The summed E-state index contributed by atoms with van der Waals surface area (Å²) in [6.45, 7) is 6.62. The Morgan fingerprint density at radius 1 is 1.24 bits per heavy atom. The molecule has 5 rings (SSSR count). The van der Waals surface area contributed by atoms with Crippen LogP contribution in [0.15, 0.2) is 10.6 Å². The van der Waals surface area contributed by atoms with Crippen molar-refractivity contribution in [3.8, 4) is 0 Å². The van der Waals surface area contributed by atoms with E-state index in [0.29, 0.717) is 16.6 Å². The van der Waals surface area contributed by atoms with Gasteiger partial charge in [-0.1, -0.05) is 19.0 Å². The molecule has 4 fully saturated rings. The molecular weight excluding hydrogens is 264 g/mol. The van der Waals surface area contributed by atoms with Gasteiger partial charge in [0, 0.05) is 6.07 Å². The van der Waals surface area contributed by atoms with Gasteiger partial charge in [0.15, 0.2) is 5.82 Å². The number of carbonyl (C=O) groups is 1. The lowest BCUT2D eigenvalue weighted by Crippen LogP contribution is -2.58. The first-order valence-electron chi connectivity index (χ1n) is 8.05. The fourth-order valence-electron chi connectivity index (χ4n) is 6.38. The van der Waals surface area contributed by atoms with E-state index in [9.17, 15) is 4.79 Å². The van der Waals surface area contributed by atoms with Crippen molar-refractivity contribution in [1.82, 2.24) is 5.16 Å². The number of anilines is 1. The van der Waals surface area contributed by atoms with Crippen molar-refractivity contribution < 1.29 is 9.32 Å². The number of aromatic nitrogens is 1. The van der Waals surface area contributed by atoms with Gasteiger partial charge in [-0.15, -0.1) is 0 Å². The number of carbonyl (C=O) groups excluding carboxylic acids is 1. The zero-order valence-electron chi connectivity index (χ0n) is 13.2. The summed E-state index contributed by atoms with van der Waals surface area (Å²) in [5, 5.41) is 6.92. The fraction of sp³-hybridized carbons (Fsp3) is 0.765. The summed E-state index contributed by atoms with van der Waals surface area (Å²) in [4.78, 5) is 13.0. The zero-order chi connectivity index (χ0) is 14.9. The number of aryl methyl sites for hydroxylation is 1. The molecule has 1 N–H and O–H groups in total. The van der Waals surface area contributed by atoms with E-state index in [-0.39, 0.29) is 11.3 Å². The van der Waals surface area contributed by atoms with Gasteiger partial charge in [0.25, 0.3) is 0 Å². The van der Waals surface area contributed by atoms with Crippen LogP contribution in [0.1, 0.15) is 58.1 Å². The molecule has 1 amide bonds. The summed E-state index contributed by atoms with van der Waals surface area (Å²) in [5.74, 6) is 2.18. The number of nitrogens with one attached hydrogen (secondary N) is 1. The smallest absolute Gasteiger partial charge is 0.231 e. The molecule has 0 aliphatic heterocycles. The quantitative estimate of drug-likeness (QED) is 0.897. The third-order valence-electron chi connectivity index (χ3n) is 5.98. The van der Waals surface area contributed by atoms with Crippen LogP contribution in [-0.4, -0.2) is 11.1 Å². The van der Waals surface area contributed by atoms with Crippen LogP contribution in [-0.2, 0) is 4.79 Å². The molecule has 4 bridgehead atoms. The molecule has 114 valence electrons. The van der Waals surface area contributed by atoms with Crippen LogP contribution in [0.3, 0.4) is 0 Å². The number of nitrogens with zero attached hydrogens (tertiary/aromatic N) is 1. The summed E-state index contributed by atoms with van der Waals surface area (Å²) >= 11 is 0. The first-order chi connectivity index (χ1) is 9.80. The Labute approximate surface area is 125 Å². The molecule has 0 aromatic carbocycles. The van der Waals surface area contributed by atoms with E-state index < -0.39 is 0 Å². The van der Waals surface area contributed by atoms with Crippen molar-refractivity contribution >= 4 is 11.7 Å². The van der Waals surface area contributed by atoms with Gasteiger partial charge in [-0.25, -0.2) is 0 Å². The van der Waals surface area contributed by atoms with E-state index in [4.69, 9.17) is 4.52 Å². The van der Waals surface area contributed by atoms with E-state index >= 15 is 0 Å². The lowest BCUT2D eigenvalue weighted by Gasteiger charge is -2.64. The third-order valence-corrected chi connectivity index (χ3v) is 5.98. The van der Waals surface area contributed by atoms with Gasteiger partial charge in [-0.05, 0) is 62.2 Å². The van der Waals surface area contributed by atoms with Crippen LogP contribution in [0, 0.1) is 29.1 Å². The lowest BCUT2D eigenvalue weighted by molar-refractivity contribution is -0.165. The van der Waals surface area contributed by atoms with Crippen molar-refractivity contribution in [2.24, 2.45) is 22.2 Å². The van der Waals surface area contributed by atoms with Gasteiger partial charge >= 0.3 is 0 Å². The predicted molar refractivity (Wildman–Crippen MR) is 79.7 cm³/mol. The van der Waals surface area contributed by atoms with Crippen molar-refractivity contribution in [3.63, 3.8) is 0 Å². The van der Waals surface area contributed by atoms with Crippen molar-refractivity contribution in [3.05, 3.63) is 11.8 Å². The Balaban J connectivity index is 1.63. The average molecular weight is 288 g/mol. The fourth-order valence-corrected chi connectivity index (χ4v) is 6.38. The Hall–Kier alpha value is -1.32. The normalized spacial score (nSPS) is 44.0. The molecule has 4 nitrogen and oxygen atoms in total. The minimum absolute atomic E-state index is 0.164. The van der Waals surface area contributed by atoms with Gasteiger partial charge in [0.1, 0.15) is 5.76 Å². The summed E-state index contributed by atoms with van der Waals surface area (Å²) in [7, 11) is 0. The van der Waals surface area contributed by atoms with Crippen molar-refractivity contribution in [2.75, 3.05) is 5.32 Å². The highest BCUT2D eigenvalue weighted by molar-refractivity contribution is 5.95. The summed E-state index contributed by atoms with van der Waals surface area (Å²) < 4.78 is 5.06. The molecule has 4 heteroatoms. The van der Waals surface area contributed by atoms with Crippen molar-refractivity contribution in [1.29, 1.82) is 0 Å². The molecule has 0 spiro atoms. The van der Waals surface area contributed by atoms with Crippen LogP contribution in [0.2, 0.25) is 0 Å². The molecular formula is C17H24N2O2. The molecule has 1 heterocycles. The highest BCUT2D eigenvalue weighted by Crippen LogP contribution is 2.69. The maximum Gasteiger partial charge on any atom is 0.231 e.